The van der Waals surface area contributed by atoms with Crippen LogP contribution in [0.25, 0.3) is 0 Å². The molecule has 1 amide bonds. The van der Waals surface area contributed by atoms with Gasteiger partial charge in [0.2, 0.25) is 0 Å². The maximum atomic E-state index is 12.2. The third-order valence-electron chi connectivity index (χ3n) is 3.52. The number of carbonyl (C=O) groups excluding carboxylic acids is 1. The van der Waals surface area contributed by atoms with Crippen molar-refractivity contribution in [2.45, 2.75) is 51.2 Å². The fourth-order valence-electron chi connectivity index (χ4n) is 2.39. The molecule has 19 heavy (non-hydrogen) atoms. The van der Waals surface area contributed by atoms with E-state index < -0.39 is 6.10 Å². The Morgan fingerprint density at radius 1 is 1.47 bits per heavy atom. The van der Waals surface area contributed by atoms with E-state index in [1.54, 1.807) is 12.1 Å². The van der Waals surface area contributed by atoms with Gasteiger partial charge in [-0.15, -0.1) is 0 Å². The van der Waals surface area contributed by atoms with Crippen LogP contribution in [0.1, 0.15) is 48.7 Å². The molecule has 4 nitrogen and oxygen atoms in total. The number of halogens is 1. The van der Waals surface area contributed by atoms with Crippen molar-refractivity contribution < 1.29 is 9.90 Å². The van der Waals surface area contributed by atoms with Crippen molar-refractivity contribution >= 4 is 17.5 Å². The van der Waals surface area contributed by atoms with E-state index in [0.29, 0.717) is 10.7 Å². The monoisotopic (exact) mass is 282 g/mol. The average Bonchev–Trinajstić information content (AvgIpc) is 2.40. The minimum atomic E-state index is -0.444. The summed E-state index contributed by atoms with van der Waals surface area (Å²) >= 11 is 5.90. The first-order valence-corrected chi connectivity index (χ1v) is 7.13. The summed E-state index contributed by atoms with van der Waals surface area (Å²) < 4.78 is 0. The predicted molar refractivity (Wildman–Crippen MR) is 74.4 cm³/mol. The second-order valence-electron chi connectivity index (χ2n) is 4.96. The number of nitrogens with zero attached hydrogens (tertiary/aromatic N) is 1. The number of rotatable bonds is 3. The van der Waals surface area contributed by atoms with Crippen LogP contribution in [0.4, 0.5) is 0 Å². The molecule has 2 rings (SSSR count). The molecule has 0 aliphatic heterocycles. The minimum absolute atomic E-state index is 0.154. The topological polar surface area (TPSA) is 62.2 Å². The van der Waals surface area contributed by atoms with E-state index in [1.165, 1.54) is 0 Å². The second-order valence-corrected chi connectivity index (χ2v) is 5.34. The number of aromatic nitrogens is 1. The molecule has 1 fully saturated rings. The van der Waals surface area contributed by atoms with Crippen molar-refractivity contribution in [3.8, 4) is 0 Å². The van der Waals surface area contributed by atoms with E-state index >= 15 is 0 Å². The third-order valence-corrected chi connectivity index (χ3v) is 3.71. The Kier molecular flexibility index (Phi) is 4.77. The number of hydrogen-bond donors (Lipinski definition) is 2. The molecule has 1 heterocycles. The van der Waals surface area contributed by atoms with E-state index in [2.05, 4.69) is 10.3 Å². The van der Waals surface area contributed by atoms with E-state index in [-0.39, 0.29) is 11.9 Å². The highest BCUT2D eigenvalue weighted by Crippen LogP contribution is 2.19. The first-order chi connectivity index (χ1) is 9.10. The molecule has 0 radical (unpaired) electrons. The van der Waals surface area contributed by atoms with Crippen LogP contribution in [-0.2, 0) is 6.42 Å². The van der Waals surface area contributed by atoms with E-state index in [4.69, 9.17) is 11.6 Å². The molecule has 1 aromatic rings. The lowest BCUT2D eigenvalue weighted by atomic mass is 9.92. The van der Waals surface area contributed by atoms with Gasteiger partial charge in [-0.05, 0) is 31.4 Å². The first kappa shape index (κ1) is 14.3. The van der Waals surface area contributed by atoms with Crippen LogP contribution in [0.2, 0.25) is 5.15 Å². The van der Waals surface area contributed by atoms with Crippen molar-refractivity contribution in [1.82, 2.24) is 10.3 Å². The lowest BCUT2D eigenvalue weighted by Crippen LogP contribution is -2.45. The quantitative estimate of drug-likeness (QED) is 0.837. The number of aliphatic hydroxyl groups excluding tert-OH is 1. The fourth-order valence-corrected chi connectivity index (χ4v) is 2.62. The van der Waals surface area contributed by atoms with Gasteiger partial charge in [0, 0.05) is 11.3 Å². The molecule has 0 aromatic carbocycles. The van der Waals surface area contributed by atoms with E-state index in [0.717, 1.165) is 37.8 Å². The third kappa shape index (κ3) is 3.67. The Labute approximate surface area is 118 Å². The summed E-state index contributed by atoms with van der Waals surface area (Å²) in [6, 6.07) is 3.15. The van der Waals surface area contributed by atoms with Gasteiger partial charge < -0.3 is 10.4 Å². The molecule has 0 spiro atoms. The smallest absolute Gasteiger partial charge is 0.251 e. The van der Waals surface area contributed by atoms with Crippen LogP contribution in [0, 0.1) is 0 Å². The number of aliphatic hydroxyl groups is 1. The Morgan fingerprint density at radius 3 is 2.89 bits per heavy atom. The molecule has 2 N–H and O–H groups in total. The molecular formula is C14H19ClN2O2. The summed E-state index contributed by atoms with van der Waals surface area (Å²) in [4.78, 5) is 16.3. The van der Waals surface area contributed by atoms with Gasteiger partial charge >= 0.3 is 0 Å². The first-order valence-electron chi connectivity index (χ1n) is 6.75. The van der Waals surface area contributed by atoms with E-state index in [9.17, 15) is 9.90 Å². The maximum absolute atomic E-state index is 12.2. The molecule has 1 aromatic heterocycles. The summed E-state index contributed by atoms with van der Waals surface area (Å²) in [7, 11) is 0. The lowest BCUT2D eigenvalue weighted by molar-refractivity contribution is 0.0717. The molecule has 0 unspecified atom stereocenters. The molecular weight excluding hydrogens is 264 g/mol. The van der Waals surface area contributed by atoms with Crippen LogP contribution in [0.3, 0.4) is 0 Å². The number of nitrogens with one attached hydrogen (secondary N) is 1. The molecule has 0 saturated heterocycles. The van der Waals surface area contributed by atoms with Gasteiger partial charge in [-0.1, -0.05) is 31.4 Å². The standard InChI is InChI=1S/C14H19ClN2O2/c1-2-10-7-9(8-13(15)16-10)14(19)17-11-5-3-4-6-12(11)18/h7-8,11-12,18H,2-6H2,1H3,(H,17,19)/t11-,12-/m1/s1. The zero-order valence-corrected chi connectivity index (χ0v) is 11.8. The van der Waals surface area contributed by atoms with Crippen molar-refractivity contribution in [2.24, 2.45) is 0 Å². The number of amides is 1. The van der Waals surface area contributed by atoms with Gasteiger partial charge in [-0.25, -0.2) is 4.98 Å². The van der Waals surface area contributed by atoms with Crippen LogP contribution < -0.4 is 5.32 Å². The zero-order valence-electron chi connectivity index (χ0n) is 11.0. The number of hydrogen-bond acceptors (Lipinski definition) is 3. The van der Waals surface area contributed by atoms with Gasteiger partial charge in [-0.3, -0.25) is 4.79 Å². The Hall–Kier alpha value is -1.13. The normalized spacial score (nSPS) is 23.1. The molecule has 1 aliphatic carbocycles. The Morgan fingerprint density at radius 2 is 2.21 bits per heavy atom. The molecule has 2 atom stereocenters. The fraction of sp³-hybridized carbons (Fsp3) is 0.571. The predicted octanol–water partition coefficient (Wildman–Crippen LogP) is 2.33. The van der Waals surface area contributed by atoms with E-state index in [1.807, 2.05) is 6.92 Å². The SMILES string of the molecule is CCc1cc(C(=O)N[C@@H]2CCCC[C@H]2O)cc(Cl)n1. The Bertz CT molecular complexity index is 465. The highest BCUT2D eigenvalue weighted by molar-refractivity contribution is 6.29. The molecule has 0 bridgehead atoms. The lowest BCUT2D eigenvalue weighted by Gasteiger charge is -2.28. The van der Waals surface area contributed by atoms with Gasteiger partial charge in [0.15, 0.2) is 0 Å². The van der Waals surface area contributed by atoms with Gasteiger partial charge in [0.25, 0.3) is 5.91 Å². The number of pyridine rings is 1. The van der Waals surface area contributed by atoms with Gasteiger partial charge in [-0.2, -0.15) is 0 Å². The van der Waals surface area contributed by atoms with Crippen LogP contribution in [0.5, 0.6) is 0 Å². The summed E-state index contributed by atoms with van der Waals surface area (Å²) in [6.07, 6.45) is 3.93. The average molecular weight is 283 g/mol. The van der Waals surface area contributed by atoms with Crippen molar-refractivity contribution in [2.75, 3.05) is 0 Å². The second kappa shape index (κ2) is 6.35. The number of aryl methyl sites for hydroxylation is 1. The van der Waals surface area contributed by atoms with Crippen molar-refractivity contribution in [3.63, 3.8) is 0 Å². The zero-order chi connectivity index (χ0) is 13.8. The summed E-state index contributed by atoms with van der Waals surface area (Å²) in [6.45, 7) is 1.96. The van der Waals surface area contributed by atoms with Crippen LogP contribution >= 0.6 is 11.6 Å². The highest BCUT2D eigenvalue weighted by atomic mass is 35.5. The summed E-state index contributed by atoms with van der Waals surface area (Å²) in [5, 5.41) is 13.1. The van der Waals surface area contributed by atoms with Crippen LogP contribution in [0.15, 0.2) is 12.1 Å². The van der Waals surface area contributed by atoms with Crippen LogP contribution in [-0.4, -0.2) is 28.1 Å². The molecule has 5 heteroatoms. The minimum Gasteiger partial charge on any atom is -0.391 e. The number of carbonyl (C=O) groups is 1. The van der Waals surface area contributed by atoms with Gasteiger partial charge in [0.05, 0.1) is 12.1 Å². The molecule has 1 saturated carbocycles. The summed E-state index contributed by atoms with van der Waals surface area (Å²) in [5.41, 5.74) is 1.30. The largest absolute Gasteiger partial charge is 0.391 e. The highest BCUT2D eigenvalue weighted by Gasteiger charge is 2.25. The maximum Gasteiger partial charge on any atom is 0.251 e. The van der Waals surface area contributed by atoms with Crippen molar-refractivity contribution in [1.29, 1.82) is 0 Å². The van der Waals surface area contributed by atoms with Gasteiger partial charge in [0.1, 0.15) is 5.15 Å². The van der Waals surface area contributed by atoms with Crippen molar-refractivity contribution in [3.05, 3.63) is 28.5 Å². The molecule has 104 valence electrons. The summed E-state index contributed by atoms with van der Waals surface area (Å²) in [5.74, 6) is -0.190. The Balaban J connectivity index is 2.08. The molecule has 1 aliphatic rings.